The van der Waals surface area contributed by atoms with Crippen molar-refractivity contribution in [3.8, 4) is 0 Å². The van der Waals surface area contributed by atoms with Crippen molar-refractivity contribution < 1.29 is 9.53 Å². The van der Waals surface area contributed by atoms with E-state index in [0.29, 0.717) is 6.54 Å². The molecule has 1 aliphatic heterocycles. The quantitative estimate of drug-likeness (QED) is 0.910. The highest BCUT2D eigenvalue weighted by Gasteiger charge is 2.21. The number of carbonyl (C=O) groups excluding carboxylic acids is 1. The molecule has 1 saturated heterocycles. The topological polar surface area (TPSA) is 54.1 Å². The van der Waals surface area contributed by atoms with Crippen LogP contribution in [0.15, 0.2) is 18.2 Å². The molecule has 4 heteroatoms. The zero-order valence-corrected chi connectivity index (χ0v) is 12.1. The Kier molecular flexibility index (Phi) is 3.19. The van der Waals surface area contributed by atoms with Crippen LogP contribution in [0.25, 0.3) is 10.9 Å². The van der Waals surface area contributed by atoms with Gasteiger partial charge >= 0.3 is 0 Å². The summed E-state index contributed by atoms with van der Waals surface area (Å²) >= 11 is 0. The van der Waals surface area contributed by atoms with Crippen LogP contribution in [0, 0.1) is 0 Å². The summed E-state index contributed by atoms with van der Waals surface area (Å²) in [5.41, 5.74) is 4.45. The summed E-state index contributed by atoms with van der Waals surface area (Å²) in [4.78, 5) is 15.9. The number of aromatic nitrogens is 1. The number of hydrogen-bond acceptors (Lipinski definition) is 2. The van der Waals surface area contributed by atoms with E-state index in [4.69, 9.17) is 4.74 Å². The number of amides is 1. The lowest BCUT2D eigenvalue weighted by atomic mass is 10.1. The van der Waals surface area contributed by atoms with Crippen molar-refractivity contribution in [3.63, 3.8) is 0 Å². The van der Waals surface area contributed by atoms with Crippen LogP contribution < -0.4 is 5.32 Å². The van der Waals surface area contributed by atoms with Gasteiger partial charge in [-0.05, 0) is 43.7 Å². The first-order valence-corrected chi connectivity index (χ1v) is 7.85. The van der Waals surface area contributed by atoms with Crippen molar-refractivity contribution in [2.45, 2.75) is 38.2 Å². The van der Waals surface area contributed by atoms with Crippen LogP contribution in [-0.4, -0.2) is 30.1 Å². The van der Waals surface area contributed by atoms with Gasteiger partial charge in [-0.2, -0.15) is 0 Å². The van der Waals surface area contributed by atoms with Gasteiger partial charge < -0.3 is 15.0 Å². The lowest BCUT2D eigenvalue weighted by Gasteiger charge is -2.11. The molecule has 2 aromatic rings. The third-order valence-corrected chi connectivity index (χ3v) is 4.64. The molecule has 4 rings (SSSR count). The first-order chi connectivity index (χ1) is 10.3. The zero-order valence-electron chi connectivity index (χ0n) is 12.1. The molecule has 2 aliphatic rings. The van der Waals surface area contributed by atoms with Gasteiger partial charge in [0.25, 0.3) is 5.91 Å². The van der Waals surface area contributed by atoms with Crippen LogP contribution in [0.2, 0.25) is 0 Å². The Bertz CT molecular complexity index is 683. The summed E-state index contributed by atoms with van der Waals surface area (Å²) in [6, 6.07) is 6.00. The van der Waals surface area contributed by atoms with Crippen LogP contribution in [0.1, 0.15) is 40.9 Å². The van der Waals surface area contributed by atoms with E-state index < -0.39 is 0 Å². The monoisotopic (exact) mass is 284 g/mol. The van der Waals surface area contributed by atoms with Crippen molar-refractivity contribution in [2.24, 2.45) is 0 Å². The number of carbonyl (C=O) groups is 1. The Labute approximate surface area is 123 Å². The first kappa shape index (κ1) is 12.9. The molecule has 0 radical (unpaired) electrons. The van der Waals surface area contributed by atoms with E-state index in [1.165, 1.54) is 23.1 Å². The maximum absolute atomic E-state index is 12.5. The van der Waals surface area contributed by atoms with Gasteiger partial charge in [0.05, 0.1) is 17.2 Å². The third-order valence-electron chi connectivity index (χ3n) is 4.64. The maximum atomic E-state index is 12.5. The van der Waals surface area contributed by atoms with Gasteiger partial charge in [-0.1, -0.05) is 12.1 Å². The van der Waals surface area contributed by atoms with Gasteiger partial charge in [0.2, 0.25) is 0 Å². The average molecular weight is 284 g/mol. The summed E-state index contributed by atoms with van der Waals surface area (Å²) in [6.07, 6.45) is 5.76. The molecule has 0 unspecified atom stereocenters. The highest BCUT2D eigenvalue weighted by molar-refractivity contribution is 6.06. The number of para-hydroxylation sites is 1. The van der Waals surface area contributed by atoms with Crippen LogP contribution in [-0.2, 0) is 17.6 Å². The number of H-pyrrole nitrogens is 1. The van der Waals surface area contributed by atoms with Crippen LogP contribution in [0.5, 0.6) is 0 Å². The van der Waals surface area contributed by atoms with Gasteiger partial charge in [0.1, 0.15) is 0 Å². The fourth-order valence-corrected chi connectivity index (χ4v) is 3.56. The third kappa shape index (κ3) is 2.23. The van der Waals surface area contributed by atoms with E-state index in [2.05, 4.69) is 16.4 Å². The minimum Gasteiger partial charge on any atom is -0.376 e. The second kappa shape index (κ2) is 5.19. The smallest absolute Gasteiger partial charge is 0.253 e. The van der Waals surface area contributed by atoms with Crippen molar-refractivity contribution in [3.05, 3.63) is 35.0 Å². The van der Waals surface area contributed by atoms with Crippen molar-refractivity contribution in [1.29, 1.82) is 0 Å². The molecule has 1 aliphatic carbocycles. The molecule has 2 N–H and O–H groups in total. The molecular weight excluding hydrogens is 264 g/mol. The van der Waals surface area contributed by atoms with Gasteiger partial charge in [0, 0.05) is 24.2 Å². The van der Waals surface area contributed by atoms with Crippen LogP contribution >= 0.6 is 0 Å². The van der Waals surface area contributed by atoms with E-state index in [9.17, 15) is 4.79 Å². The molecule has 2 heterocycles. The maximum Gasteiger partial charge on any atom is 0.253 e. The number of benzene rings is 1. The number of aryl methyl sites for hydroxylation is 2. The number of fused-ring (bicyclic) bond motifs is 3. The molecule has 0 saturated carbocycles. The summed E-state index contributed by atoms with van der Waals surface area (Å²) in [7, 11) is 0. The SMILES string of the molecule is O=C(NC[C@H]1CCCO1)c1cccc2c3c([nH]c12)CCC3. The second-order valence-electron chi connectivity index (χ2n) is 6.01. The molecule has 1 aromatic carbocycles. The number of rotatable bonds is 3. The van der Waals surface area contributed by atoms with Gasteiger partial charge in [-0.15, -0.1) is 0 Å². The van der Waals surface area contributed by atoms with Gasteiger partial charge in [0.15, 0.2) is 0 Å². The molecule has 1 amide bonds. The molecule has 21 heavy (non-hydrogen) atoms. The Morgan fingerprint density at radius 2 is 2.29 bits per heavy atom. The molecule has 1 fully saturated rings. The lowest BCUT2D eigenvalue weighted by molar-refractivity contribution is 0.0859. The molecule has 1 atom stereocenters. The van der Waals surface area contributed by atoms with E-state index in [-0.39, 0.29) is 12.0 Å². The first-order valence-electron chi connectivity index (χ1n) is 7.85. The molecule has 0 bridgehead atoms. The molecule has 1 aromatic heterocycles. The molecule has 0 spiro atoms. The fraction of sp³-hybridized carbons (Fsp3) is 0.471. The molecule has 110 valence electrons. The van der Waals surface area contributed by atoms with Crippen LogP contribution in [0.4, 0.5) is 0 Å². The average Bonchev–Trinajstić information content (AvgIpc) is 3.20. The Hall–Kier alpha value is -1.81. The van der Waals surface area contributed by atoms with Crippen molar-refractivity contribution >= 4 is 16.8 Å². The number of hydrogen-bond donors (Lipinski definition) is 2. The summed E-state index contributed by atoms with van der Waals surface area (Å²) < 4.78 is 5.55. The minimum absolute atomic E-state index is 0.00368. The lowest BCUT2D eigenvalue weighted by Crippen LogP contribution is -2.31. The highest BCUT2D eigenvalue weighted by Crippen LogP contribution is 2.31. The summed E-state index contributed by atoms with van der Waals surface area (Å²) in [5.74, 6) is -0.00368. The summed E-state index contributed by atoms with van der Waals surface area (Å²) in [6.45, 7) is 1.43. The number of ether oxygens (including phenoxy) is 1. The predicted octanol–water partition coefficient (Wildman–Crippen LogP) is 2.57. The molecular formula is C17H20N2O2. The van der Waals surface area contributed by atoms with E-state index in [1.54, 1.807) is 0 Å². The minimum atomic E-state index is -0.00368. The standard InChI is InChI=1S/C17H20N2O2/c20-17(18-10-11-4-3-9-21-11)14-7-1-6-13-12-5-2-8-15(12)19-16(13)14/h1,6-7,11,19H,2-5,8-10H2,(H,18,20)/t11-/m1/s1. The predicted molar refractivity (Wildman–Crippen MR) is 81.6 cm³/mol. The normalized spacial score (nSPS) is 20.9. The fourth-order valence-electron chi connectivity index (χ4n) is 3.56. The Morgan fingerprint density at radius 1 is 1.33 bits per heavy atom. The Morgan fingerprint density at radius 3 is 3.14 bits per heavy atom. The largest absolute Gasteiger partial charge is 0.376 e. The van der Waals surface area contributed by atoms with E-state index in [0.717, 1.165) is 43.4 Å². The van der Waals surface area contributed by atoms with E-state index >= 15 is 0 Å². The zero-order chi connectivity index (χ0) is 14.2. The summed E-state index contributed by atoms with van der Waals surface area (Å²) in [5, 5.41) is 4.23. The second-order valence-corrected chi connectivity index (χ2v) is 6.01. The van der Waals surface area contributed by atoms with Crippen LogP contribution in [0.3, 0.4) is 0 Å². The van der Waals surface area contributed by atoms with Gasteiger partial charge in [-0.25, -0.2) is 0 Å². The van der Waals surface area contributed by atoms with Gasteiger partial charge in [-0.3, -0.25) is 4.79 Å². The van der Waals surface area contributed by atoms with Crippen molar-refractivity contribution in [2.75, 3.05) is 13.2 Å². The van der Waals surface area contributed by atoms with Crippen molar-refractivity contribution in [1.82, 2.24) is 10.3 Å². The number of nitrogens with one attached hydrogen (secondary N) is 2. The molecule has 4 nitrogen and oxygen atoms in total. The highest BCUT2D eigenvalue weighted by atomic mass is 16.5. The van der Waals surface area contributed by atoms with E-state index in [1.807, 2.05) is 12.1 Å². The number of aromatic amines is 1. The Balaban J connectivity index is 1.59.